The average Bonchev–Trinajstić information content (AvgIpc) is 3.55. The molecule has 0 aromatic heterocycles. The van der Waals surface area contributed by atoms with Crippen molar-refractivity contribution in [3.63, 3.8) is 0 Å². The molecular formula is C42H58O6. The van der Waals surface area contributed by atoms with E-state index >= 15 is 0 Å². The van der Waals surface area contributed by atoms with Crippen LogP contribution in [0.15, 0.2) is 29.8 Å². The number of carbonyl (C=O) groups excluding carboxylic acids is 3. The third-order valence-electron chi connectivity index (χ3n) is 15.3. The first-order chi connectivity index (χ1) is 22.9. The first-order valence-electron chi connectivity index (χ1n) is 19.3. The molecule has 5 saturated carbocycles. The summed E-state index contributed by atoms with van der Waals surface area (Å²) < 4.78 is 11.3. The first-order valence-corrected chi connectivity index (χ1v) is 19.3. The molecule has 6 heteroatoms. The third kappa shape index (κ3) is 5.56. The van der Waals surface area contributed by atoms with E-state index in [2.05, 4.69) is 32.9 Å². The maximum atomic E-state index is 12.4. The van der Waals surface area contributed by atoms with Crippen LogP contribution in [0.3, 0.4) is 0 Å². The highest BCUT2D eigenvalue weighted by molar-refractivity contribution is 5.87. The summed E-state index contributed by atoms with van der Waals surface area (Å²) in [5.74, 6) is 4.65. The van der Waals surface area contributed by atoms with Gasteiger partial charge in [-0.2, -0.15) is 0 Å². The molecule has 5 fully saturated rings. The van der Waals surface area contributed by atoms with E-state index in [1.54, 1.807) is 0 Å². The molecule has 11 atom stereocenters. The van der Waals surface area contributed by atoms with Crippen molar-refractivity contribution in [2.24, 2.45) is 45.8 Å². The quantitative estimate of drug-likeness (QED) is 0.258. The van der Waals surface area contributed by atoms with E-state index in [1.165, 1.54) is 49.3 Å². The Morgan fingerprint density at radius 1 is 0.854 bits per heavy atom. The lowest BCUT2D eigenvalue weighted by atomic mass is 9.48. The molecule has 7 aliphatic carbocycles. The van der Waals surface area contributed by atoms with E-state index in [-0.39, 0.29) is 40.4 Å². The van der Waals surface area contributed by atoms with Gasteiger partial charge in [0.2, 0.25) is 0 Å². The monoisotopic (exact) mass is 658 g/mol. The zero-order valence-electron chi connectivity index (χ0n) is 30.0. The van der Waals surface area contributed by atoms with E-state index in [9.17, 15) is 19.5 Å². The summed E-state index contributed by atoms with van der Waals surface area (Å²) in [5.41, 5.74) is 4.69. The Bertz CT molecular complexity index is 1480. The largest absolute Gasteiger partial charge is 0.508 e. The topological polar surface area (TPSA) is 89.9 Å². The number of ether oxygens (including phenoxy) is 2. The van der Waals surface area contributed by atoms with E-state index < -0.39 is 0 Å². The smallest absolute Gasteiger partial charge is 0.305 e. The number of Topliss-reactive ketones (excluding diaryl/α,β-unsaturated/α-hetero) is 1. The number of ketones is 1. The second-order valence-electron chi connectivity index (χ2n) is 17.4. The first kappa shape index (κ1) is 33.8. The van der Waals surface area contributed by atoms with Gasteiger partial charge in [0.15, 0.2) is 0 Å². The van der Waals surface area contributed by atoms with Crippen LogP contribution in [0.25, 0.3) is 0 Å². The SMILES string of the molecule is CC(=O)OC1CCC2(C)C(=CCC3C4CCC(=O)C4(C)CCC32)C1.CCC(=O)OC1CCC2C3CCc4cc(O)ccc4C3CCC12C. The van der Waals surface area contributed by atoms with E-state index in [1.807, 2.05) is 19.1 Å². The number of benzene rings is 1. The Morgan fingerprint density at radius 2 is 1.62 bits per heavy atom. The predicted octanol–water partition coefficient (Wildman–Crippen LogP) is 9.02. The van der Waals surface area contributed by atoms with E-state index in [4.69, 9.17) is 9.47 Å². The zero-order valence-corrected chi connectivity index (χ0v) is 30.0. The summed E-state index contributed by atoms with van der Waals surface area (Å²) in [5, 5.41) is 9.77. The van der Waals surface area contributed by atoms with Crippen molar-refractivity contribution in [3.8, 4) is 5.75 Å². The number of phenols is 1. The zero-order chi connectivity index (χ0) is 34.0. The van der Waals surface area contributed by atoms with E-state index in [0.717, 1.165) is 64.2 Å². The van der Waals surface area contributed by atoms with Gasteiger partial charge in [-0.3, -0.25) is 14.4 Å². The van der Waals surface area contributed by atoms with Crippen molar-refractivity contribution in [2.75, 3.05) is 0 Å². The maximum absolute atomic E-state index is 12.4. The Morgan fingerprint density at radius 3 is 2.40 bits per heavy atom. The summed E-state index contributed by atoms with van der Waals surface area (Å²) in [7, 11) is 0. The minimum atomic E-state index is -0.157. The Balaban J connectivity index is 0.000000152. The Labute approximate surface area is 287 Å². The molecule has 7 aliphatic rings. The van der Waals surface area contributed by atoms with Gasteiger partial charge >= 0.3 is 11.9 Å². The summed E-state index contributed by atoms with van der Waals surface area (Å²) in [6, 6.07) is 5.95. The normalized spacial score (nSPS) is 42.3. The summed E-state index contributed by atoms with van der Waals surface area (Å²) in [6.45, 7) is 10.4. The summed E-state index contributed by atoms with van der Waals surface area (Å²) in [4.78, 5) is 35.6. The lowest BCUT2D eigenvalue weighted by Gasteiger charge is -2.56. The van der Waals surface area contributed by atoms with Crippen molar-refractivity contribution in [3.05, 3.63) is 41.0 Å². The highest BCUT2D eigenvalue weighted by Gasteiger charge is 2.59. The number of aryl methyl sites for hydroxylation is 1. The van der Waals surface area contributed by atoms with Crippen LogP contribution in [0, 0.1) is 45.8 Å². The van der Waals surface area contributed by atoms with Gasteiger partial charge < -0.3 is 14.6 Å². The molecule has 0 saturated heterocycles. The molecule has 48 heavy (non-hydrogen) atoms. The molecule has 0 aliphatic heterocycles. The van der Waals surface area contributed by atoms with Crippen molar-refractivity contribution in [1.82, 2.24) is 0 Å². The third-order valence-corrected chi connectivity index (χ3v) is 15.3. The van der Waals surface area contributed by atoms with Gasteiger partial charge in [-0.15, -0.1) is 0 Å². The molecule has 0 bridgehead atoms. The molecule has 11 unspecified atom stereocenters. The van der Waals surface area contributed by atoms with Gasteiger partial charge in [0.05, 0.1) is 0 Å². The number of rotatable bonds is 3. The number of hydrogen-bond donors (Lipinski definition) is 1. The minimum Gasteiger partial charge on any atom is -0.508 e. The van der Waals surface area contributed by atoms with Crippen molar-refractivity contribution >= 4 is 17.7 Å². The van der Waals surface area contributed by atoms with Crippen LogP contribution in [0.4, 0.5) is 0 Å². The molecule has 0 spiro atoms. The fourth-order valence-electron chi connectivity index (χ4n) is 12.7. The van der Waals surface area contributed by atoms with Crippen LogP contribution in [0.5, 0.6) is 5.75 Å². The van der Waals surface area contributed by atoms with Gasteiger partial charge in [-0.1, -0.05) is 45.4 Å². The predicted molar refractivity (Wildman–Crippen MR) is 185 cm³/mol. The number of esters is 2. The molecule has 0 radical (unpaired) electrons. The fraction of sp³-hybridized carbons (Fsp3) is 0.738. The van der Waals surface area contributed by atoms with Crippen LogP contribution in [0.2, 0.25) is 0 Å². The molecule has 1 aromatic carbocycles. The average molecular weight is 659 g/mol. The van der Waals surface area contributed by atoms with Crippen LogP contribution in [0.1, 0.15) is 142 Å². The molecule has 0 amide bonds. The fourth-order valence-corrected chi connectivity index (χ4v) is 12.7. The molecule has 1 N–H and O–H groups in total. The number of hydrogen-bond acceptors (Lipinski definition) is 6. The second kappa shape index (κ2) is 12.6. The molecular weight excluding hydrogens is 600 g/mol. The highest BCUT2D eigenvalue weighted by Crippen LogP contribution is 2.64. The second-order valence-corrected chi connectivity index (χ2v) is 17.4. The van der Waals surface area contributed by atoms with Gasteiger partial charge in [-0.05, 0) is 141 Å². The summed E-state index contributed by atoms with van der Waals surface area (Å²) >= 11 is 0. The Hall–Kier alpha value is -2.63. The number of carbonyl (C=O) groups is 3. The maximum Gasteiger partial charge on any atom is 0.305 e. The molecule has 0 heterocycles. The van der Waals surface area contributed by atoms with E-state index in [0.29, 0.717) is 53.5 Å². The molecule has 6 nitrogen and oxygen atoms in total. The summed E-state index contributed by atoms with van der Waals surface area (Å²) in [6.07, 6.45) is 18.2. The van der Waals surface area contributed by atoms with Gasteiger partial charge in [0.25, 0.3) is 0 Å². The highest BCUT2D eigenvalue weighted by atomic mass is 16.5. The van der Waals surface area contributed by atoms with Gasteiger partial charge in [-0.25, -0.2) is 0 Å². The van der Waals surface area contributed by atoms with Gasteiger partial charge in [0.1, 0.15) is 23.7 Å². The van der Waals surface area contributed by atoms with Crippen LogP contribution < -0.4 is 0 Å². The van der Waals surface area contributed by atoms with Crippen molar-refractivity contribution < 1.29 is 29.0 Å². The number of aromatic hydroxyl groups is 1. The van der Waals surface area contributed by atoms with Crippen molar-refractivity contribution in [2.45, 2.75) is 149 Å². The number of allylic oxidation sites excluding steroid dienone is 1. The molecule has 262 valence electrons. The van der Waals surface area contributed by atoms with Crippen LogP contribution in [-0.2, 0) is 30.3 Å². The lowest BCUT2D eigenvalue weighted by molar-refractivity contribution is -0.157. The standard InChI is InChI=1S/C21H30O3.C21H28O3/c1-13(22)24-15-8-10-20(2)14(12-15)4-5-16-17-6-7-19(23)21(17,3)11-9-18(16)20;1-3-20(23)24-19-9-8-18-17-6-4-13-12-14(22)5-7-15(13)16(17)10-11-21(18,19)2/h4,15-18H,5-12H2,1-3H3;5,7,12,16-19,22H,3-4,6,8-11H2,1-2H3. The number of phenolic OH excluding ortho intramolecular Hbond substituents is 1. The number of fused-ring (bicyclic) bond motifs is 10. The van der Waals surface area contributed by atoms with Crippen molar-refractivity contribution in [1.29, 1.82) is 0 Å². The minimum absolute atomic E-state index is 0.0438. The van der Waals surface area contributed by atoms with Crippen LogP contribution in [-0.4, -0.2) is 35.0 Å². The molecule has 1 aromatic rings. The lowest BCUT2D eigenvalue weighted by Crippen LogP contribution is -2.50. The molecule has 8 rings (SSSR count). The van der Waals surface area contributed by atoms with Crippen LogP contribution >= 0.6 is 0 Å². The van der Waals surface area contributed by atoms with Gasteiger partial charge in [0, 0.05) is 37.0 Å². The Kier molecular flexibility index (Phi) is 8.89.